The van der Waals surface area contributed by atoms with Gasteiger partial charge in [-0.05, 0) is 38.2 Å². The van der Waals surface area contributed by atoms with Crippen LogP contribution in [0.25, 0.3) is 0 Å². The van der Waals surface area contributed by atoms with E-state index in [1.165, 1.54) is 11.5 Å². The summed E-state index contributed by atoms with van der Waals surface area (Å²) in [4.78, 5) is 14.0. The number of hydrogen-bond donors (Lipinski definition) is 3. The SMILES string of the molecule is CN(CC(C)(C)O)c1snc(N)c1C(=O)NC1CC1. The van der Waals surface area contributed by atoms with Crippen LogP contribution in [0.1, 0.15) is 37.0 Å². The number of carbonyl (C=O) groups is 1. The van der Waals surface area contributed by atoms with Gasteiger partial charge in [0.2, 0.25) is 0 Å². The normalized spacial score (nSPS) is 15.4. The predicted octanol–water partition coefficient (Wildman–Crippen LogP) is 0.825. The first-order chi connectivity index (χ1) is 8.78. The molecule has 0 unspecified atom stereocenters. The smallest absolute Gasteiger partial charge is 0.258 e. The average molecular weight is 284 g/mol. The molecule has 0 radical (unpaired) electrons. The highest BCUT2D eigenvalue weighted by atomic mass is 32.1. The minimum atomic E-state index is -0.849. The van der Waals surface area contributed by atoms with Gasteiger partial charge in [-0.25, -0.2) is 0 Å². The summed E-state index contributed by atoms with van der Waals surface area (Å²) in [5, 5.41) is 13.5. The molecule has 0 aliphatic heterocycles. The highest BCUT2D eigenvalue weighted by Gasteiger charge is 2.29. The molecule has 106 valence electrons. The van der Waals surface area contributed by atoms with E-state index in [1.54, 1.807) is 13.8 Å². The zero-order chi connectivity index (χ0) is 14.2. The van der Waals surface area contributed by atoms with Crippen LogP contribution in [-0.4, -0.2) is 40.6 Å². The molecule has 1 amide bonds. The Morgan fingerprint density at radius 1 is 1.63 bits per heavy atom. The topological polar surface area (TPSA) is 91.5 Å². The summed E-state index contributed by atoms with van der Waals surface area (Å²) in [6.45, 7) is 3.84. The van der Waals surface area contributed by atoms with E-state index in [4.69, 9.17) is 5.73 Å². The molecule has 2 rings (SSSR count). The van der Waals surface area contributed by atoms with Crippen LogP contribution in [0.2, 0.25) is 0 Å². The van der Waals surface area contributed by atoms with E-state index in [0.29, 0.717) is 17.1 Å². The van der Waals surface area contributed by atoms with E-state index in [1.807, 2.05) is 11.9 Å². The molecular formula is C12H20N4O2S. The maximum atomic E-state index is 12.2. The van der Waals surface area contributed by atoms with Gasteiger partial charge in [-0.3, -0.25) is 4.79 Å². The molecule has 7 heteroatoms. The zero-order valence-corrected chi connectivity index (χ0v) is 12.3. The fraction of sp³-hybridized carbons (Fsp3) is 0.667. The van der Waals surface area contributed by atoms with Crippen molar-refractivity contribution in [1.29, 1.82) is 0 Å². The highest BCUT2D eigenvalue weighted by Crippen LogP contribution is 2.31. The second kappa shape index (κ2) is 4.97. The third-order valence-electron chi connectivity index (χ3n) is 2.81. The minimum Gasteiger partial charge on any atom is -0.389 e. The molecule has 0 saturated heterocycles. The van der Waals surface area contributed by atoms with Gasteiger partial charge in [0.05, 0.1) is 5.60 Å². The summed E-state index contributed by atoms with van der Waals surface area (Å²) >= 11 is 1.18. The number of likely N-dealkylation sites (N-methyl/N-ethyl adjacent to an activating group) is 1. The van der Waals surface area contributed by atoms with Crippen molar-refractivity contribution in [3.8, 4) is 0 Å². The van der Waals surface area contributed by atoms with Crippen molar-refractivity contribution in [2.24, 2.45) is 0 Å². The van der Waals surface area contributed by atoms with Gasteiger partial charge in [-0.1, -0.05) is 0 Å². The van der Waals surface area contributed by atoms with Gasteiger partial charge in [-0.2, -0.15) is 4.37 Å². The Balaban J connectivity index is 2.18. The Bertz CT molecular complexity index is 477. The van der Waals surface area contributed by atoms with Gasteiger partial charge < -0.3 is 21.1 Å². The molecule has 1 aromatic rings. The number of rotatable bonds is 5. The first-order valence-electron chi connectivity index (χ1n) is 6.27. The molecule has 0 atom stereocenters. The molecule has 1 aliphatic carbocycles. The number of anilines is 2. The van der Waals surface area contributed by atoms with Crippen LogP contribution in [0, 0.1) is 0 Å². The standard InChI is InChI=1S/C12H20N4O2S/c1-12(2,18)6-16(3)11-8(9(13)15-19-11)10(17)14-7-4-5-7/h7,18H,4-6H2,1-3H3,(H2,13,15)(H,14,17). The quantitative estimate of drug-likeness (QED) is 0.745. The van der Waals surface area contributed by atoms with Crippen LogP contribution >= 0.6 is 11.5 Å². The second-order valence-corrected chi connectivity index (χ2v) is 6.42. The number of nitrogens with one attached hydrogen (secondary N) is 1. The van der Waals surface area contributed by atoms with Gasteiger partial charge in [0.1, 0.15) is 10.6 Å². The van der Waals surface area contributed by atoms with Crippen molar-refractivity contribution in [1.82, 2.24) is 9.69 Å². The summed E-state index contributed by atoms with van der Waals surface area (Å²) in [6.07, 6.45) is 2.05. The van der Waals surface area contributed by atoms with Crippen LogP contribution in [-0.2, 0) is 0 Å². The number of aromatic nitrogens is 1. The van der Waals surface area contributed by atoms with Crippen molar-refractivity contribution in [3.05, 3.63) is 5.56 Å². The highest BCUT2D eigenvalue weighted by molar-refractivity contribution is 7.11. The summed E-state index contributed by atoms with van der Waals surface area (Å²) < 4.78 is 4.05. The lowest BCUT2D eigenvalue weighted by Crippen LogP contribution is -2.37. The van der Waals surface area contributed by atoms with Gasteiger partial charge in [-0.15, -0.1) is 0 Å². The Hall–Kier alpha value is -1.34. The zero-order valence-electron chi connectivity index (χ0n) is 11.4. The summed E-state index contributed by atoms with van der Waals surface area (Å²) in [7, 11) is 1.82. The fourth-order valence-corrected chi connectivity index (χ4v) is 2.67. The first-order valence-corrected chi connectivity index (χ1v) is 7.05. The Morgan fingerprint density at radius 2 is 2.26 bits per heavy atom. The minimum absolute atomic E-state index is 0.175. The Kier molecular flexibility index (Phi) is 3.69. The van der Waals surface area contributed by atoms with Gasteiger partial charge in [0, 0.05) is 19.6 Å². The lowest BCUT2D eigenvalue weighted by atomic mass is 10.1. The van der Waals surface area contributed by atoms with E-state index in [9.17, 15) is 9.90 Å². The number of nitrogens with zero attached hydrogens (tertiary/aromatic N) is 2. The monoisotopic (exact) mass is 284 g/mol. The van der Waals surface area contributed by atoms with Crippen molar-refractivity contribution >= 4 is 28.3 Å². The van der Waals surface area contributed by atoms with Crippen molar-refractivity contribution < 1.29 is 9.90 Å². The van der Waals surface area contributed by atoms with Gasteiger partial charge in [0.25, 0.3) is 5.91 Å². The van der Waals surface area contributed by atoms with E-state index >= 15 is 0 Å². The molecule has 1 saturated carbocycles. The molecule has 1 aromatic heterocycles. The fourth-order valence-electron chi connectivity index (χ4n) is 1.90. The lowest BCUT2D eigenvalue weighted by molar-refractivity contribution is 0.0881. The molecule has 0 bridgehead atoms. The lowest BCUT2D eigenvalue weighted by Gasteiger charge is -2.26. The summed E-state index contributed by atoms with van der Waals surface area (Å²) in [6, 6.07) is 0.277. The third kappa shape index (κ3) is 3.57. The molecule has 4 N–H and O–H groups in total. The molecule has 0 aromatic carbocycles. The van der Waals surface area contributed by atoms with E-state index < -0.39 is 5.60 Å². The summed E-state index contributed by atoms with van der Waals surface area (Å²) in [5.74, 6) is 0.0760. The molecule has 1 fully saturated rings. The van der Waals surface area contributed by atoms with Crippen LogP contribution < -0.4 is 16.0 Å². The number of aliphatic hydroxyl groups is 1. The largest absolute Gasteiger partial charge is 0.389 e. The first kappa shape index (κ1) is 14.1. The van der Waals surface area contributed by atoms with E-state index in [-0.39, 0.29) is 17.8 Å². The number of nitrogen functional groups attached to an aromatic ring is 1. The average Bonchev–Trinajstić information content (AvgIpc) is 2.96. The maximum absolute atomic E-state index is 12.2. The number of carbonyl (C=O) groups excluding carboxylic acids is 1. The van der Waals surface area contributed by atoms with E-state index in [2.05, 4.69) is 9.69 Å². The molecule has 0 spiro atoms. The molecular weight excluding hydrogens is 264 g/mol. The van der Waals surface area contributed by atoms with Crippen LogP contribution in [0.4, 0.5) is 10.8 Å². The van der Waals surface area contributed by atoms with E-state index in [0.717, 1.165) is 12.8 Å². The van der Waals surface area contributed by atoms with Crippen molar-refractivity contribution in [2.75, 3.05) is 24.2 Å². The van der Waals surface area contributed by atoms with Crippen LogP contribution in [0.5, 0.6) is 0 Å². The molecule has 6 nitrogen and oxygen atoms in total. The molecule has 19 heavy (non-hydrogen) atoms. The maximum Gasteiger partial charge on any atom is 0.258 e. The van der Waals surface area contributed by atoms with Crippen molar-refractivity contribution in [2.45, 2.75) is 38.3 Å². The number of nitrogens with two attached hydrogens (primary N) is 1. The predicted molar refractivity (Wildman–Crippen MR) is 76.6 cm³/mol. The number of amides is 1. The van der Waals surface area contributed by atoms with Gasteiger partial charge in [0.15, 0.2) is 5.82 Å². The van der Waals surface area contributed by atoms with Gasteiger partial charge >= 0.3 is 0 Å². The van der Waals surface area contributed by atoms with Crippen molar-refractivity contribution in [3.63, 3.8) is 0 Å². The Morgan fingerprint density at radius 3 is 2.79 bits per heavy atom. The van der Waals surface area contributed by atoms with Crippen LogP contribution in [0.3, 0.4) is 0 Å². The molecule has 1 heterocycles. The number of hydrogen-bond acceptors (Lipinski definition) is 6. The Labute approximate surface area is 116 Å². The summed E-state index contributed by atoms with van der Waals surface area (Å²) in [5.41, 5.74) is 5.36. The third-order valence-corrected chi connectivity index (χ3v) is 3.79. The van der Waals surface area contributed by atoms with Crippen LogP contribution in [0.15, 0.2) is 0 Å². The molecule has 1 aliphatic rings. The second-order valence-electron chi connectivity index (χ2n) is 5.66.